The van der Waals surface area contributed by atoms with Gasteiger partial charge in [0.2, 0.25) is 10.0 Å². The van der Waals surface area contributed by atoms with Crippen molar-refractivity contribution in [3.63, 3.8) is 0 Å². The van der Waals surface area contributed by atoms with Crippen LogP contribution in [0.15, 0.2) is 51.8 Å². The van der Waals surface area contributed by atoms with Gasteiger partial charge in [-0.15, -0.1) is 0 Å². The minimum absolute atomic E-state index is 0.100. The van der Waals surface area contributed by atoms with Gasteiger partial charge in [-0.25, -0.2) is 8.42 Å². The van der Waals surface area contributed by atoms with E-state index < -0.39 is 10.0 Å². The first-order valence-corrected chi connectivity index (χ1v) is 8.33. The lowest BCUT2D eigenvalue weighted by Gasteiger charge is -2.18. The fourth-order valence-corrected chi connectivity index (χ4v) is 4.00. The zero-order valence-corrected chi connectivity index (χ0v) is 13.7. The Labute approximate surface area is 132 Å². The van der Waals surface area contributed by atoms with Crippen molar-refractivity contribution >= 4 is 31.6 Å². The summed E-state index contributed by atoms with van der Waals surface area (Å²) in [5, 5.41) is 9.43. The van der Waals surface area contributed by atoms with E-state index in [-0.39, 0.29) is 17.2 Å². The first-order chi connectivity index (χ1) is 9.80. The standard InChI is InChI=1S/C14H15BrN2O3S/c1-17(9-10-3-2-4-12(18)7-10)21(19,20)14-8-11(16)5-6-13(14)15/h2-8,18H,9,16H2,1H3. The Balaban J connectivity index is 2.33. The van der Waals surface area contributed by atoms with Crippen LogP contribution in [0.1, 0.15) is 5.56 Å². The van der Waals surface area contributed by atoms with Crippen molar-refractivity contribution in [3.8, 4) is 5.75 Å². The molecule has 0 spiro atoms. The number of hydrogen-bond donors (Lipinski definition) is 2. The molecule has 0 aliphatic carbocycles. The number of nitrogens with zero attached hydrogens (tertiary/aromatic N) is 1. The third-order valence-corrected chi connectivity index (χ3v) is 5.76. The summed E-state index contributed by atoms with van der Waals surface area (Å²) in [7, 11) is -2.20. The van der Waals surface area contributed by atoms with E-state index in [9.17, 15) is 13.5 Å². The van der Waals surface area contributed by atoms with Gasteiger partial charge in [0.05, 0.1) is 4.90 Å². The van der Waals surface area contributed by atoms with Crippen molar-refractivity contribution in [3.05, 3.63) is 52.5 Å². The molecule has 0 bridgehead atoms. The van der Waals surface area contributed by atoms with Crippen molar-refractivity contribution in [1.82, 2.24) is 4.31 Å². The first-order valence-electron chi connectivity index (χ1n) is 6.10. The molecule has 0 saturated heterocycles. The Hall–Kier alpha value is -1.57. The highest BCUT2D eigenvalue weighted by atomic mass is 79.9. The Morgan fingerprint density at radius 3 is 2.62 bits per heavy atom. The summed E-state index contributed by atoms with van der Waals surface area (Å²) < 4.78 is 26.8. The molecule has 0 fully saturated rings. The lowest BCUT2D eigenvalue weighted by molar-refractivity contribution is 0.458. The SMILES string of the molecule is CN(Cc1cccc(O)c1)S(=O)(=O)c1cc(N)ccc1Br. The van der Waals surface area contributed by atoms with E-state index in [0.29, 0.717) is 15.7 Å². The predicted molar refractivity (Wildman–Crippen MR) is 85.3 cm³/mol. The number of nitrogens with two attached hydrogens (primary N) is 1. The van der Waals surface area contributed by atoms with Crippen LogP contribution in [0.3, 0.4) is 0 Å². The minimum Gasteiger partial charge on any atom is -0.508 e. The summed E-state index contributed by atoms with van der Waals surface area (Å²) in [6, 6.07) is 11.1. The molecule has 0 unspecified atom stereocenters. The van der Waals surface area contributed by atoms with Gasteiger partial charge in [-0.2, -0.15) is 4.31 Å². The molecule has 112 valence electrons. The fraction of sp³-hybridized carbons (Fsp3) is 0.143. The molecule has 0 atom stereocenters. The average Bonchev–Trinajstić information content (AvgIpc) is 2.41. The number of sulfonamides is 1. The summed E-state index contributed by atoms with van der Waals surface area (Å²) in [5.74, 6) is 0.100. The van der Waals surface area contributed by atoms with E-state index in [1.807, 2.05) is 0 Å². The Morgan fingerprint density at radius 1 is 1.24 bits per heavy atom. The second kappa shape index (κ2) is 6.05. The van der Waals surface area contributed by atoms with E-state index in [1.165, 1.54) is 29.6 Å². The lowest BCUT2D eigenvalue weighted by atomic mass is 10.2. The number of nitrogen functional groups attached to an aromatic ring is 1. The number of benzene rings is 2. The van der Waals surface area contributed by atoms with Gasteiger partial charge in [0.25, 0.3) is 0 Å². The fourth-order valence-electron chi connectivity index (χ4n) is 1.88. The van der Waals surface area contributed by atoms with Gasteiger partial charge in [-0.05, 0) is 51.8 Å². The zero-order valence-electron chi connectivity index (χ0n) is 11.3. The van der Waals surface area contributed by atoms with E-state index in [1.54, 1.807) is 24.3 Å². The van der Waals surface area contributed by atoms with Gasteiger partial charge in [0.15, 0.2) is 0 Å². The number of rotatable bonds is 4. The number of hydrogen-bond acceptors (Lipinski definition) is 4. The molecule has 0 amide bonds. The summed E-state index contributed by atoms with van der Waals surface area (Å²) in [4.78, 5) is 0.116. The van der Waals surface area contributed by atoms with Gasteiger partial charge in [0, 0.05) is 23.8 Å². The second-order valence-electron chi connectivity index (χ2n) is 4.62. The monoisotopic (exact) mass is 370 g/mol. The molecule has 0 aliphatic rings. The van der Waals surface area contributed by atoms with Crippen molar-refractivity contribution in [2.75, 3.05) is 12.8 Å². The topological polar surface area (TPSA) is 83.6 Å². The predicted octanol–water partition coefficient (Wildman–Crippen LogP) is 2.56. The molecule has 5 nitrogen and oxygen atoms in total. The van der Waals surface area contributed by atoms with Crippen LogP contribution in [0.25, 0.3) is 0 Å². The number of phenolic OH excluding ortho intramolecular Hbond substituents is 1. The van der Waals surface area contributed by atoms with Crippen LogP contribution in [0.2, 0.25) is 0 Å². The van der Waals surface area contributed by atoms with Gasteiger partial charge in [0.1, 0.15) is 5.75 Å². The second-order valence-corrected chi connectivity index (χ2v) is 7.49. The van der Waals surface area contributed by atoms with Crippen molar-refractivity contribution < 1.29 is 13.5 Å². The van der Waals surface area contributed by atoms with Gasteiger partial charge < -0.3 is 10.8 Å². The van der Waals surface area contributed by atoms with E-state index >= 15 is 0 Å². The summed E-state index contributed by atoms with van der Waals surface area (Å²) in [6.07, 6.45) is 0. The molecule has 7 heteroatoms. The molecular formula is C14H15BrN2O3S. The summed E-state index contributed by atoms with van der Waals surface area (Å²) in [5.41, 5.74) is 6.73. The molecule has 0 aliphatic heterocycles. The summed E-state index contributed by atoms with van der Waals surface area (Å²) in [6.45, 7) is 0.151. The van der Waals surface area contributed by atoms with Gasteiger partial charge in [-0.3, -0.25) is 0 Å². The highest BCUT2D eigenvalue weighted by Crippen LogP contribution is 2.27. The van der Waals surface area contributed by atoms with Crippen LogP contribution < -0.4 is 5.73 Å². The van der Waals surface area contributed by atoms with Crippen LogP contribution in [0.4, 0.5) is 5.69 Å². The maximum atomic E-state index is 12.6. The zero-order chi connectivity index (χ0) is 15.6. The molecule has 21 heavy (non-hydrogen) atoms. The summed E-state index contributed by atoms with van der Waals surface area (Å²) >= 11 is 3.23. The number of halogens is 1. The van der Waals surface area contributed by atoms with Crippen molar-refractivity contribution in [2.45, 2.75) is 11.4 Å². The first kappa shape index (κ1) is 15.8. The van der Waals surface area contributed by atoms with Crippen LogP contribution in [-0.4, -0.2) is 24.9 Å². The number of anilines is 1. The lowest BCUT2D eigenvalue weighted by Crippen LogP contribution is -2.26. The van der Waals surface area contributed by atoms with Gasteiger partial charge >= 0.3 is 0 Å². The maximum Gasteiger partial charge on any atom is 0.244 e. The molecule has 0 aromatic heterocycles. The van der Waals surface area contributed by atoms with E-state index in [4.69, 9.17) is 5.73 Å². The van der Waals surface area contributed by atoms with E-state index in [2.05, 4.69) is 15.9 Å². The quantitative estimate of drug-likeness (QED) is 0.810. The normalized spacial score (nSPS) is 11.8. The molecular weight excluding hydrogens is 356 g/mol. The molecule has 0 heterocycles. The van der Waals surface area contributed by atoms with Gasteiger partial charge in [-0.1, -0.05) is 12.1 Å². The number of aromatic hydroxyl groups is 1. The average molecular weight is 371 g/mol. The molecule has 3 N–H and O–H groups in total. The largest absolute Gasteiger partial charge is 0.508 e. The smallest absolute Gasteiger partial charge is 0.244 e. The Kier molecular flexibility index (Phi) is 4.55. The highest BCUT2D eigenvalue weighted by molar-refractivity contribution is 9.10. The van der Waals surface area contributed by atoms with Crippen LogP contribution >= 0.6 is 15.9 Å². The molecule has 2 aromatic rings. The Morgan fingerprint density at radius 2 is 1.95 bits per heavy atom. The number of phenols is 1. The minimum atomic E-state index is -3.68. The highest BCUT2D eigenvalue weighted by Gasteiger charge is 2.23. The van der Waals surface area contributed by atoms with Crippen LogP contribution in [0.5, 0.6) is 5.75 Å². The van der Waals surface area contributed by atoms with Crippen LogP contribution in [-0.2, 0) is 16.6 Å². The molecule has 0 saturated carbocycles. The third-order valence-electron chi connectivity index (χ3n) is 2.96. The Bertz CT molecular complexity index is 763. The third kappa shape index (κ3) is 3.55. The molecule has 2 rings (SSSR count). The maximum absolute atomic E-state index is 12.6. The van der Waals surface area contributed by atoms with Crippen molar-refractivity contribution in [2.24, 2.45) is 0 Å². The van der Waals surface area contributed by atoms with E-state index in [0.717, 1.165) is 0 Å². The van der Waals surface area contributed by atoms with Crippen LogP contribution in [0, 0.1) is 0 Å². The molecule has 0 radical (unpaired) electrons. The van der Waals surface area contributed by atoms with Crippen molar-refractivity contribution in [1.29, 1.82) is 0 Å². The molecule has 2 aromatic carbocycles.